The van der Waals surface area contributed by atoms with Gasteiger partial charge < -0.3 is 9.04 Å². The Kier molecular flexibility index (Phi) is 12.0. The van der Waals surface area contributed by atoms with Gasteiger partial charge >= 0.3 is 5.51 Å². The summed E-state index contributed by atoms with van der Waals surface area (Å²) in [5.74, 6) is 0. The van der Waals surface area contributed by atoms with Crippen LogP contribution in [0.2, 0.25) is 0 Å². The average molecular weight is 390 g/mol. The summed E-state index contributed by atoms with van der Waals surface area (Å²) in [6, 6.07) is 0. The predicted molar refractivity (Wildman–Crippen MR) is 93.0 cm³/mol. The molecule has 4 nitrogen and oxygen atoms in total. The van der Waals surface area contributed by atoms with Crippen LogP contribution < -0.4 is 0 Å². The fraction of sp³-hybridized carbons (Fsp3) is 1.00. The van der Waals surface area contributed by atoms with Crippen molar-refractivity contribution in [1.29, 1.82) is 0 Å². The lowest BCUT2D eigenvalue weighted by Gasteiger charge is -2.34. The fourth-order valence-electron chi connectivity index (χ4n) is 3.44. The minimum Gasteiger partial charge on any atom is -0.741 e. The van der Waals surface area contributed by atoms with E-state index in [0.29, 0.717) is 0 Å². The molecule has 0 amide bonds. The van der Waals surface area contributed by atoms with Crippen molar-refractivity contribution in [3.8, 4) is 0 Å². The Hall–Kier alpha value is -0.340. The van der Waals surface area contributed by atoms with Gasteiger partial charge in [-0.05, 0) is 19.3 Å². The Morgan fingerprint density at radius 1 is 0.840 bits per heavy atom. The molecule has 0 radical (unpaired) electrons. The molecule has 1 fully saturated rings. The zero-order valence-electron chi connectivity index (χ0n) is 15.6. The van der Waals surface area contributed by atoms with Crippen molar-refractivity contribution >= 4 is 10.1 Å². The Bertz CT molecular complexity index is 433. The summed E-state index contributed by atoms with van der Waals surface area (Å²) in [6.45, 7) is 10.5. The first-order valence-electron chi connectivity index (χ1n) is 9.45. The number of quaternary nitrogens is 1. The van der Waals surface area contributed by atoms with E-state index in [1.165, 1.54) is 94.9 Å². The summed E-state index contributed by atoms with van der Waals surface area (Å²) in [6.07, 6.45) is 14.5. The molecule has 1 heterocycles. The van der Waals surface area contributed by atoms with E-state index in [2.05, 4.69) is 13.8 Å². The SMILES string of the molecule is CCCCCCCCC[N+]1(CCC)CCCC1.O=S(=O)([O-])C(F)(F)F. The maximum absolute atomic E-state index is 10.7. The van der Waals surface area contributed by atoms with E-state index >= 15 is 0 Å². The van der Waals surface area contributed by atoms with Crippen molar-refractivity contribution < 1.29 is 30.6 Å². The maximum atomic E-state index is 10.7. The number of likely N-dealkylation sites (tertiary alicyclic amines) is 1. The number of alkyl halides is 3. The zero-order valence-corrected chi connectivity index (χ0v) is 16.4. The van der Waals surface area contributed by atoms with Gasteiger partial charge in [-0.15, -0.1) is 0 Å². The molecule has 1 rings (SSSR count). The molecule has 1 aliphatic heterocycles. The van der Waals surface area contributed by atoms with Crippen molar-refractivity contribution in [3.63, 3.8) is 0 Å². The van der Waals surface area contributed by atoms with Gasteiger partial charge in [-0.3, -0.25) is 0 Å². The molecule has 0 N–H and O–H groups in total. The summed E-state index contributed by atoms with van der Waals surface area (Å²) >= 11 is 0. The first kappa shape index (κ1) is 24.7. The van der Waals surface area contributed by atoms with Crippen LogP contribution in [0.4, 0.5) is 13.2 Å². The average Bonchev–Trinajstić information content (AvgIpc) is 2.94. The van der Waals surface area contributed by atoms with Crippen molar-refractivity contribution in [2.75, 3.05) is 26.2 Å². The van der Waals surface area contributed by atoms with Crippen LogP contribution >= 0.6 is 0 Å². The standard InChI is InChI=1S/C16H34N.CHF3O3S/c1-3-5-6-7-8-9-10-14-17(13-4-2)15-11-12-16-17;2-1(3,4)8(5,6)7/h3-16H2,1-2H3;(H,5,6,7)/q+1;/p-1. The summed E-state index contributed by atoms with van der Waals surface area (Å²) in [5.41, 5.74) is -5.65. The highest BCUT2D eigenvalue weighted by atomic mass is 32.2. The molecule has 0 atom stereocenters. The van der Waals surface area contributed by atoms with Crippen LogP contribution in [-0.2, 0) is 10.1 Å². The molecule has 0 aromatic rings. The van der Waals surface area contributed by atoms with Gasteiger partial charge in [0.2, 0.25) is 0 Å². The van der Waals surface area contributed by atoms with Gasteiger partial charge in [0, 0.05) is 12.8 Å². The molecule has 8 heteroatoms. The lowest BCUT2D eigenvalue weighted by Crippen LogP contribution is -2.46. The van der Waals surface area contributed by atoms with Crippen LogP contribution in [-0.4, -0.2) is 49.1 Å². The molecule has 0 aliphatic carbocycles. The fourth-order valence-corrected chi connectivity index (χ4v) is 3.44. The highest BCUT2D eigenvalue weighted by Crippen LogP contribution is 2.22. The van der Waals surface area contributed by atoms with Gasteiger partial charge in [0.25, 0.3) is 0 Å². The van der Waals surface area contributed by atoms with Crippen LogP contribution in [0.5, 0.6) is 0 Å². The summed E-state index contributed by atoms with van der Waals surface area (Å²) in [4.78, 5) is 0. The first-order valence-corrected chi connectivity index (χ1v) is 10.9. The van der Waals surface area contributed by atoms with Gasteiger partial charge in [-0.25, -0.2) is 8.42 Å². The second-order valence-electron chi connectivity index (χ2n) is 6.96. The van der Waals surface area contributed by atoms with Crippen molar-refractivity contribution in [2.24, 2.45) is 0 Å². The van der Waals surface area contributed by atoms with E-state index in [4.69, 9.17) is 13.0 Å². The van der Waals surface area contributed by atoms with Gasteiger partial charge in [-0.2, -0.15) is 13.2 Å². The molecule has 1 aliphatic rings. The zero-order chi connectivity index (χ0) is 19.4. The normalized spacial score (nSPS) is 17.2. The van der Waals surface area contributed by atoms with E-state index in [9.17, 15) is 13.2 Å². The van der Waals surface area contributed by atoms with Crippen LogP contribution in [0.3, 0.4) is 0 Å². The number of hydrogen-bond acceptors (Lipinski definition) is 3. The Morgan fingerprint density at radius 2 is 1.28 bits per heavy atom. The van der Waals surface area contributed by atoms with Gasteiger partial charge in [0.05, 0.1) is 26.2 Å². The Labute approximate surface area is 151 Å². The first-order chi connectivity index (χ1) is 11.6. The smallest absolute Gasteiger partial charge is 0.485 e. The monoisotopic (exact) mass is 389 g/mol. The second-order valence-corrected chi connectivity index (χ2v) is 8.34. The lowest BCUT2D eigenvalue weighted by atomic mass is 10.1. The lowest BCUT2D eigenvalue weighted by molar-refractivity contribution is -0.917. The number of hydrogen-bond donors (Lipinski definition) is 0. The summed E-state index contributed by atoms with van der Waals surface area (Å²) < 4.78 is 60.4. The van der Waals surface area contributed by atoms with Crippen LogP contribution in [0, 0.1) is 0 Å². The quantitative estimate of drug-likeness (QED) is 0.233. The summed E-state index contributed by atoms with van der Waals surface area (Å²) in [7, 11) is -6.09. The van der Waals surface area contributed by atoms with E-state index in [1.54, 1.807) is 0 Å². The topological polar surface area (TPSA) is 57.2 Å². The molecule has 0 aromatic carbocycles. The minimum atomic E-state index is -6.09. The van der Waals surface area contributed by atoms with E-state index in [0.717, 1.165) is 0 Å². The molecular weight excluding hydrogens is 355 g/mol. The van der Waals surface area contributed by atoms with Crippen molar-refractivity contribution in [3.05, 3.63) is 0 Å². The number of nitrogens with zero attached hydrogens (tertiary/aromatic N) is 1. The van der Waals surface area contributed by atoms with Gasteiger partial charge in [0.15, 0.2) is 10.1 Å². The molecule has 0 saturated carbocycles. The molecule has 25 heavy (non-hydrogen) atoms. The Balaban J connectivity index is 0.000000609. The van der Waals surface area contributed by atoms with E-state index < -0.39 is 15.6 Å². The Morgan fingerprint density at radius 3 is 1.68 bits per heavy atom. The number of halogens is 3. The van der Waals surface area contributed by atoms with E-state index in [1.807, 2.05) is 0 Å². The van der Waals surface area contributed by atoms with Crippen molar-refractivity contribution in [2.45, 2.75) is 83.6 Å². The third-order valence-corrected chi connectivity index (χ3v) is 5.30. The van der Waals surface area contributed by atoms with Crippen molar-refractivity contribution in [1.82, 2.24) is 0 Å². The number of rotatable bonds is 10. The summed E-state index contributed by atoms with van der Waals surface area (Å²) in [5, 5.41) is 0. The highest BCUT2D eigenvalue weighted by Gasteiger charge is 2.37. The highest BCUT2D eigenvalue weighted by molar-refractivity contribution is 7.86. The molecular formula is C17H34F3NO3S. The molecule has 1 saturated heterocycles. The van der Waals surface area contributed by atoms with Crippen LogP contribution in [0.1, 0.15) is 78.1 Å². The minimum absolute atomic E-state index is 1.37. The molecule has 152 valence electrons. The van der Waals surface area contributed by atoms with Gasteiger partial charge in [-0.1, -0.05) is 46.0 Å². The third kappa shape index (κ3) is 11.1. The third-order valence-electron chi connectivity index (χ3n) is 4.73. The maximum Gasteiger partial charge on any atom is 0.485 e. The predicted octanol–water partition coefficient (Wildman–Crippen LogP) is 4.81. The molecule has 0 spiro atoms. The van der Waals surface area contributed by atoms with Gasteiger partial charge in [0.1, 0.15) is 0 Å². The number of unbranched alkanes of at least 4 members (excludes halogenated alkanes) is 6. The second kappa shape index (κ2) is 12.1. The largest absolute Gasteiger partial charge is 0.741 e. The van der Waals surface area contributed by atoms with Crippen LogP contribution in [0.25, 0.3) is 0 Å². The molecule has 0 unspecified atom stereocenters. The van der Waals surface area contributed by atoms with E-state index in [-0.39, 0.29) is 0 Å². The van der Waals surface area contributed by atoms with Crippen LogP contribution in [0.15, 0.2) is 0 Å². The molecule has 0 bridgehead atoms. The molecule has 0 aromatic heterocycles.